The van der Waals surface area contributed by atoms with Gasteiger partial charge in [0, 0.05) is 26.2 Å². The minimum Gasteiger partial charge on any atom is -0.353 e. The summed E-state index contributed by atoms with van der Waals surface area (Å²) >= 11 is 0. The van der Waals surface area contributed by atoms with E-state index in [0.717, 1.165) is 31.5 Å². The Morgan fingerprint density at radius 1 is 1.29 bits per heavy atom. The molecule has 0 aliphatic carbocycles. The maximum absolute atomic E-state index is 11.8. The van der Waals surface area contributed by atoms with E-state index >= 15 is 0 Å². The van der Waals surface area contributed by atoms with Crippen LogP contribution in [-0.2, 0) is 11.2 Å². The van der Waals surface area contributed by atoms with Crippen LogP contribution in [0.15, 0.2) is 30.3 Å². The second-order valence-electron chi connectivity index (χ2n) is 4.54. The minimum absolute atomic E-state index is 0.103. The lowest BCUT2D eigenvalue weighted by molar-refractivity contribution is -0.121. The summed E-state index contributed by atoms with van der Waals surface area (Å²) in [6.07, 6.45) is 2.34. The Morgan fingerprint density at radius 3 is 2.59 bits per heavy atom. The zero-order valence-corrected chi connectivity index (χ0v) is 9.93. The summed E-state index contributed by atoms with van der Waals surface area (Å²) < 4.78 is 0. The highest BCUT2D eigenvalue weighted by Gasteiger charge is 2.18. The van der Waals surface area contributed by atoms with Crippen LogP contribution < -0.4 is 5.32 Å². The van der Waals surface area contributed by atoms with Crippen molar-refractivity contribution in [3.8, 4) is 0 Å². The van der Waals surface area contributed by atoms with Gasteiger partial charge >= 0.3 is 0 Å². The smallest absolute Gasteiger partial charge is 0.224 e. The number of carbonyl (C=O) groups is 1. The van der Waals surface area contributed by atoms with Gasteiger partial charge in [-0.3, -0.25) is 9.69 Å². The number of nitrogens with zero attached hydrogens (tertiary/aromatic N) is 1. The maximum Gasteiger partial charge on any atom is 0.224 e. The van der Waals surface area contributed by atoms with Crippen molar-refractivity contribution in [3.05, 3.63) is 42.9 Å². The van der Waals surface area contributed by atoms with Crippen molar-refractivity contribution in [1.82, 2.24) is 10.2 Å². The number of hydrogen-bond donors (Lipinski definition) is 1. The van der Waals surface area contributed by atoms with E-state index in [1.165, 1.54) is 0 Å². The highest BCUT2D eigenvalue weighted by Crippen LogP contribution is 2.09. The fourth-order valence-corrected chi connectivity index (χ4v) is 2.10. The lowest BCUT2D eigenvalue weighted by Crippen LogP contribution is -2.43. The number of hydrogen-bond acceptors (Lipinski definition) is 2. The molecule has 0 atom stereocenters. The number of amides is 1. The number of likely N-dealkylation sites (tertiary alicyclic amines) is 1. The molecule has 3 nitrogen and oxygen atoms in total. The van der Waals surface area contributed by atoms with Crippen molar-refractivity contribution in [2.24, 2.45) is 0 Å². The zero-order valence-electron chi connectivity index (χ0n) is 9.93. The van der Waals surface area contributed by atoms with Gasteiger partial charge in [-0.1, -0.05) is 30.3 Å². The molecule has 0 bridgehead atoms. The lowest BCUT2D eigenvalue weighted by atomic mass is 10.0. The highest BCUT2D eigenvalue weighted by molar-refractivity contribution is 5.78. The van der Waals surface area contributed by atoms with Crippen LogP contribution in [0.1, 0.15) is 18.4 Å². The third-order valence-corrected chi connectivity index (χ3v) is 3.10. The molecule has 17 heavy (non-hydrogen) atoms. The molecule has 2 radical (unpaired) electrons. The maximum atomic E-state index is 11.8. The van der Waals surface area contributed by atoms with E-state index in [2.05, 4.69) is 5.32 Å². The summed E-state index contributed by atoms with van der Waals surface area (Å²) in [4.78, 5) is 13.6. The molecule has 1 aromatic rings. The van der Waals surface area contributed by atoms with Crippen molar-refractivity contribution in [1.29, 1.82) is 0 Å². The first-order valence-electron chi connectivity index (χ1n) is 6.07. The molecule has 2 rings (SSSR count). The van der Waals surface area contributed by atoms with E-state index in [-0.39, 0.29) is 11.9 Å². The zero-order chi connectivity index (χ0) is 12.1. The molecule has 1 saturated heterocycles. The van der Waals surface area contributed by atoms with Crippen molar-refractivity contribution >= 4 is 5.91 Å². The SMILES string of the molecule is [CH]N1CCC(NC(=O)Cc2ccccc2)CC1. The molecule has 1 N–H and O–H groups in total. The van der Waals surface area contributed by atoms with Gasteiger partial charge < -0.3 is 5.32 Å². The fraction of sp³-hybridized carbons (Fsp3) is 0.429. The van der Waals surface area contributed by atoms with Gasteiger partial charge in [0.05, 0.1) is 6.42 Å². The molecule has 0 aromatic heterocycles. The Hall–Kier alpha value is -1.35. The Labute approximate surface area is 103 Å². The number of rotatable bonds is 3. The number of carbonyl (C=O) groups excluding carboxylic acids is 1. The summed E-state index contributed by atoms with van der Waals surface area (Å²) in [5.74, 6) is 0.103. The monoisotopic (exact) mass is 230 g/mol. The van der Waals surface area contributed by atoms with Gasteiger partial charge in [0.25, 0.3) is 0 Å². The molecular weight excluding hydrogens is 212 g/mol. The minimum atomic E-state index is 0.103. The summed E-state index contributed by atoms with van der Waals surface area (Å²) in [5.41, 5.74) is 1.06. The first kappa shape index (κ1) is 12.1. The van der Waals surface area contributed by atoms with Crippen LogP contribution in [0.2, 0.25) is 0 Å². The Bertz CT molecular complexity index is 356. The molecule has 90 valence electrons. The van der Waals surface area contributed by atoms with E-state index in [4.69, 9.17) is 7.05 Å². The quantitative estimate of drug-likeness (QED) is 0.853. The molecule has 0 unspecified atom stereocenters. The summed E-state index contributed by atoms with van der Waals surface area (Å²) in [6, 6.07) is 10.1. The van der Waals surface area contributed by atoms with Crippen LogP contribution in [0, 0.1) is 7.05 Å². The Kier molecular flexibility index (Phi) is 4.15. The van der Waals surface area contributed by atoms with E-state index in [1.54, 1.807) is 4.90 Å². The molecule has 0 spiro atoms. The molecule has 1 aliphatic rings. The topological polar surface area (TPSA) is 32.3 Å². The van der Waals surface area contributed by atoms with Crippen LogP contribution in [0.25, 0.3) is 0 Å². The van der Waals surface area contributed by atoms with E-state index in [9.17, 15) is 4.79 Å². The Balaban J connectivity index is 1.78. The van der Waals surface area contributed by atoms with Gasteiger partial charge in [0.15, 0.2) is 0 Å². The number of benzene rings is 1. The van der Waals surface area contributed by atoms with Crippen LogP contribution in [0.3, 0.4) is 0 Å². The lowest BCUT2D eigenvalue weighted by Gasteiger charge is -2.29. The van der Waals surface area contributed by atoms with Crippen molar-refractivity contribution in [2.45, 2.75) is 25.3 Å². The van der Waals surface area contributed by atoms with Gasteiger partial charge in [-0.25, -0.2) is 0 Å². The standard InChI is InChI=1S/C14H18N2O/c1-16-9-7-13(8-10-16)15-14(17)11-12-5-3-2-4-6-12/h1-6,13H,7-11H2,(H,15,17). The molecule has 3 heteroatoms. The average molecular weight is 230 g/mol. The number of nitrogens with one attached hydrogen (secondary N) is 1. The fourth-order valence-electron chi connectivity index (χ4n) is 2.10. The predicted molar refractivity (Wildman–Crippen MR) is 67.2 cm³/mol. The van der Waals surface area contributed by atoms with E-state index < -0.39 is 0 Å². The normalized spacial score (nSPS) is 17.9. The number of piperidine rings is 1. The van der Waals surface area contributed by atoms with Crippen LogP contribution in [-0.4, -0.2) is 29.9 Å². The molecule has 1 fully saturated rings. The summed E-state index contributed by atoms with van der Waals surface area (Å²) in [5, 5.41) is 3.07. The molecule has 1 amide bonds. The van der Waals surface area contributed by atoms with Crippen molar-refractivity contribution in [3.63, 3.8) is 0 Å². The van der Waals surface area contributed by atoms with E-state index in [1.807, 2.05) is 30.3 Å². The van der Waals surface area contributed by atoms with Crippen molar-refractivity contribution < 1.29 is 4.79 Å². The average Bonchev–Trinajstić information content (AvgIpc) is 2.33. The van der Waals surface area contributed by atoms with Crippen LogP contribution in [0.5, 0.6) is 0 Å². The summed E-state index contributed by atoms with van der Waals surface area (Å²) in [7, 11) is 5.67. The molecule has 1 heterocycles. The van der Waals surface area contributed by atoms with Crippen LogP contribution in [0.4, 0.5) is 0 Å². The molecular formula is C14H18N2O. The third kappa shape index (κ3) is 3.86. The summed E-state index contributed by atoms with van der Waals surface area (Å²) in [6.45, 7) is 1.71. The predicted octanol–water partition coefficient (Wildman–Crippen LogP) is 1.48. The first-order chi connectivity index (χ1) is 8.24. The van der Waals surface area contributed by atoms with Gasteiger partial charge in [0.2, 0.25) is 5.91 Å². The van der Waals surface area contributed by atoms with Gasteiger partial charge in [-0.05, 0) is 18.4 Å². The third-order valence-electron chi connectivity index (χ3n) is 3.10. The van der Waals surface area contributed by atoms with Gasteiger partial charge in [-0.15, -0.1) is 0 Å². The second-order valence-corrected chi connectivity index (χ2v) is 4.54. The Morgan fingerprint density at radius 2 is 1.94 bits per heavy atom. The highest BCUT2D eigenvalue weighted by atomic mass is 16.1. The van der Waals surface area contributed by atoms with Gasteiger partial charge in [-0.2, -0.15) is 0 Å². The largest absolute Gasteiger partial charge is 0.353 e. The second kappa shape index (κ2) is 5.82. The molecule has 0 saturated carbocycles. The molecule has 1 aliphatic heterocycles. The van der Waals surface area contributed by atoms with Gasteiger partial charge in [0.1, 0.15) is 0 Å². The van der Waals surface area contributed by atoms with E-state index in [0.29, 0.717) is 6.42 Å². The first-order valence-corrected chi connectivity index (χ1v) is 6.07. The molecule has 1 aromatic carbocycles. The van der Waals surface area contributed by atoms with Crippen molar-refractivity contribution in [2.75, 3.05) is 13.1 Å². The van der Waals surface area contributed by atoms with Crippen LogP contribution >= 0.6 is 0 Å².